The highest BCUT2D eigenvalue weighted by molar-refractivity contribution is 7.92. The highest BCUT2D eigenvalue weighted by Crippen LogP contribution is 2.32. The van der Waals surface area contributed by atoms with Crippen LogP contribution in [0, 0.1) is 6.92 Å². The number of methoxy groups -OCH3 is 2. The molecule has 8 nitrogen and oxygen atoms in total. The number of sulfonamides is 1. The van der Waals surface area contributed by atoms with E-state index in [2.05, 4.69) is 4.72 Å². The van der Waals surface area contributed by atoms with Gasteiger partial charge in [-0.1, -0.05) is 0 Å². The minimum Gasteiger partial charge on any atom is -0.497 e. The molecule has 1 aromatic heterocycles. The first-order valence-corrected chi connectivity index (χ1v) is 10.5. The van der Waals surface area contributed by atoms with Gasteiger partial charge in [0.1, 0.15) is 22.1 Å². The van der Waals surface area contributed by atoms with Crippen LogP contribution < -0.4 is 14.2 Å². The first kappa shape index (κ1) is 20.1. The van der Waals surface area contributed by atoms with Crippen LogP contribution in [0.1, 0.15) is 29.0 Å². The smallest absolute Gasteiger partial charge is 0.270 e. The van der Waals surface area contributed by atoms with E-state index < -0.39 is 10.0 Å². The van der Waals surface area contributed by atoms with Crippen LogP contribution in [0.3, 0.4) is 0 Å². The van der Waals surface area contributed by atoms with Crippen molar-refractivity contribution in [1.82, 2.24) is 9.47 Å². The van der Waals surface area contributed by atoms with Crippen molar-refractivity contribution in [3.63, 3.8) is 0 Å². The maximum Gasteiger partial charge on any atom is 0.270 e. The first-order valence-electron chi connectivity index (χ1n) is 8.99. The third-order valence-electron chi connectivity index (χ3n) is 5.04. The molecule has 0 radical (unpaired) electrons. The van der Waals surface area contributed by atoms with Crippen molar-refractivity contribution in [2.75, 3.05) is 32.0 Å². The number of nitrogens with one attached hydrogen (secondary N) is 1. The van der Waals surface area contributed by atoms with Gasteiger partial charge in [-0.15, -0.1) is 0 Å². The molecule has 28 heavy (non-hydrogen) atoms. The van der Waals surface area contributed by atoms with Gasteiger partial charge in [0.2, 0.25) is 0 Å². The SMILES string of the molecule is COc1ccc(OC)c(NS(=O)(=O)c2cc(C(=O)N3CCCC3)n(C)c2C)c1. The zero-order chi connectivity index (χ0) is 20.5. The van der Waals surface area contributed by atoms with E-state index in [0.29, 0.717) is 36.0 Å². The second-order valence-corrected chi connectivity index (χ2v) is 8.36. The molecule has 0 saturated carbocycles. The van der Waals surface area contributed by atoms with E-state index in [1.807, 2.05) is 0 Å². The molecule has 1 fully saturated rings. The molecule has 0 unspecified atom stereocenters. The molecule has 0 atom stereocenters. The number of nitrogens with zero attached hydrogens (tertiary/aromatic N) is 2. The summed E-state index contributed by atoms with van der Waals surface area (Å²) in [5, 5.41) is 0. The van der Waals surface area contributed by atoms with Gasteiger partial charge in [-0.25, -0.2) is 8.42 Å². The van der Waals surface area contributed by atoms with E-state index >= 15 is 0 Å². The second-order valence-electron chi connectivity index (χ2n) is 6.71. The Hall–Kier alpha value is -2.68. The normalized spacial score (nSPS) is 14.2. The summed E-state index contributed by atoms with van der Waals surface area (Å²) in [6.07, 6.45) is 1.94. The van der Waals surface area contributed by atoms with Crippen molar-refractivity contribution < 1.29 is 22.7 Å². The van der Waals surface area contributed by atoms with Gasteiger partial charge in [0.05, 0.1) is 19.9 Å². The molecule has 0 aliphatic carbocycles. The van der Waals surface area contributed by atoms with E-state index in [1.54, 1.807) is 41.6 Å². The van der Waals surface area contributed by atoms with Crippen LogP contribution in [0.2, 0.25) is 0 Å². The molecule has 2 heterocycles. The summed E-state index contributed by atoms with van der Waals surface area (Å²) in [5.74, 6) is 0.711. The molecule has 1 saturated heterocycles. The maximum absolute atomic E-state index is 13.1. The fourth-order valence-electron chi connectivity index (χ4n) is 3.32. The summed E-state index contributed by atoms with van der Waals surface area (Å²) in [6, 6.07) is 6.28. The lowest BCUT2D eigenvalue weighted by Crippen LogP contribution is -2.29. The fraction of sp³-hybridized carbons (Fsp3) is 0.421. The van der Waals surface area contributed by atoms with Crippen LogP contribution in [-0.2, 0) is 17.1 Å². The predicted octanol–water partition coefficient (Wildman–Crippen LogP) is 2.39. The second kappa shape index (κ2) is 7.75. The Bertz CT molecular complexity index is 991. The van der Waals surface area contributed by atoms with Crippen molar-refractivity contribution in [2.45, 2.75) is 24.7 Å². The molecule has 1 aromatic carbocycles. The number of carbonyl (C=O) groups excluding carboxylic acids is 1. The Morgan fingerprint density at radius 2 is 1.79 bits per heavy atom. The number of ether oxygens (including phenoxy) is 2. The summed E-state index contributed by atoms with van der Waals surface area (Å²) in [6.45, 7) is 3.08. The van der Waals surface area contributed by atoms with E-state index in [4.69, 9.17) is 9.47 Å². The molecular formula is C19H25N3O5S. The standard InChI is InChI=1S/C19H25N3O5S/c1-13-18(12-16(21(13)2)19(23)22-9-5-6-10-22)28(24,25)20-15-11-14(26-3)7-8-17(15)27-4/h7-8,11-12,20H,5-6,9-10H2,1-4H3. The van der Waals surface area contributed by atoms with Gasteiger partial charge in [-0.2, -0.15) is 0 Å². The van der Waals surface area contributed by atoms with Gasteiger partial charge in [-0.05, 0) is 38.0 Å². The Kier molecular flexibility index (Phi) is 5.55. The molecule has 2 aromatic rings. The van der Waals surface area contributed by atoms with Gasteiger partial charge in [0, 0.05) is 31.9 Å². The lowest BCUT2D eigenvalue weighted by Gasteiger charge is -2.15. The monoisotopic (exact) mass is 407 g/mol. The zero-order valence-corrected chi connectivity index (χ0v) is 17.3. The van der Waals surface area contributed by atoms with E-state index in [9.17, 15) is 13.2 Å². The Balaban J connectivity index is 1.97. The van der Waals surface area contributed by atoms with Crippen molar-refractivity contribution >= 4 is 21.6 Å². The number of carbonyl (C=O) groups is 1. The molecule has 152 valence electrons. The van der Waals surface area contributed by atoms with Crippen molar-refractivity contribution in [3.8, 4) is 11.5 Å². The number of hydrogen-bond donors (Lipinski definition) is 1. The topological polar surface area (TPSA) is 89.9 Å². The van der Waals surface area contributed by atoms with Crippen molar-refractivity contribution in [1.29, 1.82) is 0 Å². The lowest BCUT2D eigenvalue weighted by atomic mass is 10.3. The van der Waals surface area contributed by atoms with Crippen LogP contribution in [-0.4, -0.2) is 51.1 Å². The number of amides is 1. The molecule has 1 aliphatic rings. The van der Waals surface area contributed by atoms with Crippen molar-refractivity contribution in [3.05, 3.63) is 35.7 Å². The van der Waals surface area contributed by atoms with Crippen LogP contribution in [0.5, 0.6) is 11.5 Å². The molecule has 0 spiro atoms. The van der Waals surface area contributed by atoms with Crippen LogP contribution in [0.4, 0.5) is 5.69 Å². The summed E-state index contributed by atoms with van der Waals surface area (Å²) < 4.78 is 40.7. The average Bonchev–Trinajstić information content (AvgIpc) is 3.30. The van der Waals surface area contributed by atoms with E-state index in [1.165, 1.54) is 20.3 Å². The van der Waals surface area contributed by atoms with Crippen LogP contribution >= 0.6 is 0 Å². The molecule has 1 amide bonds. The number of anilines is 1. The van der Waals surface area contributed by atoms with Gasteiger partial charge in [-0.3, -0.25) is 9.52 Å². The highest BCUT2D eigenvalue weighted by atomic mass is 32.2. The van der Waals surface area contributed by atoms with Gasteiger partial charge in [0.15, 0.2) is 0 Å². The van der Waals surface area contributed by atoms with Crippen LogP contribution in [0.15, 0.2) is 29.2 Å². The van der Waals surface area contributed by atoms with Gasteiger partial charge < -0.3 is 18.9 Å². The highest BCUT2D eigenvalue weighted by Gasteiger charge is 2.28. The summed E-state index contributed by atoms with van der Waals surface area (Å²) >= 11 is 0. The summed E-state index contributed by atoms with van der Waals surface area (Å²) in [5.41, 5.74) is 1.10. The van der Waals surface area contributed by atoms with Crippen molar-refractivity contribution in [2.24, 2.45) is 7.05 Å². The van der Waals surface area contributed by atoms with E-state index in [0.717, 1.165) is 12.8 Å². The number of likely N-dealkylation sites (tertiary alicyclic amines) is 1. The maximum atomic E-state index is 13.1. The number of rotatable bonds is 6. The van der Waals surface area contributed by atoms with E-state index in [-0.39, 0.29) is 16.5 Å². The Morgan fingerprint density at radius 3 is 2.39 bits per heavy atom. The van der Waals surface area contributed by atoms with Crippen LogP contribution in [0.25, 0.3) is 0 Å². The molecule has 1 aliphatic heterocycles. The van der Waals surface area contributed by atoms with Gasteiger partial charge in [0.25, 0.3) is 15.9 Å². The molecule has 3 rings (SSSR count). The average molecular weight is 407 g/mol. The Morgan fingerprint density at radius 1 is 1.11 bits per heavy atom. The minimum absolute atomic E-state index is 0.0578. The molecular weight excluding hydrogens is 382 g/mol. The quantitative estimate of drug-likeness (QED) is 0.794. The first-order chi connectivity index (χ1) is 13.3. The van der Waals surface area contributed by atoms with Gasteiger partial charge >= 0.3 is 0 Å². The Labute approximate surface area is 165 Å². The lowest BCUT2D eigenvalue weighted by molar-refractivity contribution is 0.0783. The predicted molar refractivity (Wildman–Crippen MR) is 106 cm³/mol. The number of benzene rings is 1. The summed E-state index contributed by atoms with van der Waals surface area (Å²) in [4.78, 5) is 14.6. The zero-order valence-electron chi connectivity index (χ0n) is 16.5. The largest absolute Gasteiger partial charge is 0.497 e. The third-order valence-corrected chi connectivity index (χ3v) is 6.52. The molecule has 1 N–H and O–H groups in total. The number of aromatic nitrogens is 1. The summed E-state index contributed by atoms with van der Waals surface area (Å²) in [7, 11) is 0.717. The fourth-order valence-corrected chi connectivity index (χ4v) is 4.68. The molecule has 0 bridgehead atoms. The molecule has 9 heteroatoms. The minimum atomic E-state index is -3.94. The number of hydrogen-bond acceptors (Lipinski definition) is 5. The third kappa shape index (κ3) is 3.66.